The average molecular weight is 395 g/mol. The van der Waals surface area contributed by atoms with Crippen molar-refractivity contribution in [2.24, 2.45) is 5.92 Å². The van der Waals surface area contributed by atoms with Gasteiger partial charge in [-0.25, -0.2) is 9.18 Å². The van der Waals surface area contributed by atoms with Crippen molar-refractivity contribution in [3.05, 3.63) is 71.0 Å². The number of halogens is 4. The van der Waals surface area contributed by atoms with Crippen molar-refractivity contribution < 1.29 is 27.1 Å². The van der Waals surface area contributed by atoms with Gasteiger partial charge in [-0.1, -0.05) is 24.3 Å². The summed E-state index contributed by atoms with van der Waals surface area (Å²) in [4.78, 5) is 14.2. The predicted octanol–water partition coefficient (Wildman–Crippen LogP) is 5.08. The molecule has 0 aliphatic carbocycles. The number of piperidine rings is 1. The molecule has 3 rings (SSSR count). The van der Waals surface area contributed by atoms with Crippen LogP contribution in [0, 0.1) is 11.7 Å². The maximum atomic E-state index is 13.7. The summed E-state index contributed by atoms with van der Waals surface area (Å²) in [6.07, 6.45) is -2.73. The smallest absolute Gasteiger partial charge is 0.416 e. The van der Waals surface area contributed by atoms with Gasteiger partial charge in [-0.05, 0) is 56.3 Å². The Balaban J connectivity index is 1.74. The molecule has 1 aliphatic heterocycles. The van der Waals surface area contributed by atoms with Crippen LogP contribution in [0.2, 0.25) is 0 Å². The number of hydrogen-bond acceptors (Lipinski definition) is 3. The molecule has 0 spiro atoms. The Morgan fingerprint density at radius 2 is 1.82 bits per heavy atom. The Labute approximate surface area is 160 Å². The van der Waals surface area contributed by atoms with Gasteiger partial charge in [0.15, 0.2) is 0 Å². The fourth-order valence-electron chi connectivity index (χ4n) is 3.72. The molecule has 3 nitrogen and oxygen atoms in total. The van der Waals surface area contributed by atoms with Crippen molar-refractivity contribution in [2.75, 3.05) is 20.2 Å². The summed E-state index contributed by atoms with van der Waals surface area (Å²) in [6.45, 7) is 0.868. The van der Waals surface area contributed by atoms with E-state index in [0.29, 0.717) is 0 Å². The van der Waals surface area contributed by atoms with Crippen LogP contribution in [-0.2, 0) is 10.9 Å². The number of hydrogen-bond donors (Lipinski definition) is 0. The first kappa shape index (κ1) is 20.3. The molecule has 1 saturated heterocycles. The minimum Gasteiger partial charge on any atom is -0.462 e. The number of likely N-dealkylation sites (tertiary alicyclic amines) is 1. The molecule has 150 valence electrons. The molecule has 0 N–H and O–H groups in total. The molecule has 0 amide bonds. The van der Waals surface area contributed by atoms with Gasteiger partial charge in [0.2, 0.25) is 0 Å². The molecule has 2 atom stereocenters. The zero-order valence-corrected chi connectivity index (χ0v) is 15.4. The van der Waals surface area contributed by atoms with Gasteiger partial charge in [-0.15, -0.1) is 0 Å². The Hall–Kier alpha value is -2.41. The van der Waals surface area contributed by atoms with Gasteiger partial charge in [0.05, 0.1) is 17.7 Å². The van der Waals surface area contributed by atoms with Crippen LogP contribution in [0.3, 0.4) is 0 Å². The lowest BCUT2D eigenvalue weighted by molar-refractivity contribution is -0.137. The molecule has 7 heteroatoms. The highest BCUT2D eigenvalue weighted by atomic mass is 19.4. The van der Waals surface area contributed by atoms with E-state index < -0.39 is 23.5 Å². The van der Waals surface area contributed by atoms with Crippen LogP contribution in [0.25, 0.3) is 0 Å². The molecule has 0 bridgehead atoms. The van der Waals surface area contributed by atoms with E-state index in [1.165, 1.54) is 30.3 Å². The number of rotatable bonds is 4. The summed E-state index contributed by atoms with van der Waals surface area (Å²) in [7, 11) is 1.90. The van der Waals surface area contributed by atoms with E-state index in [9.17, 15) is 22.4 Å². The first-order valence-electron chi connectivity index (χ1n) is 9.06. The number of ether oxygens (including phenoxy) is 1. The van der Waals surface area contributed by atoms with Crippen LogP contribution in [-0.4, -0.2) is 31.1 Å². The summed E-state index contributed by atoms with van der Waals surface area (Å²) in [6, 6.07) is 10.5. The Morgan fingerprint density at radius 3 is 2.46 bits per heavy atom. The van der Waals surface area contributed by atoms with Crippen LogP contribution in [0.5, 0.6) is 0 Å². The standard InChI is InChI=1S/C21H21F4NO2/c1-26-12-4-5-15(13-28-20(27)17-6-2-3-7-18(17)22)19(26)14-8-10-16(11-9-14)21(23,24)25/h2-3,6-11,15,19H,4-5,12-13H2,1H3/t15-,19-/m1/s1. The van der Waals surface area contributed by atoms with Crippen molar-refractivity contribution in [3.63, 3.8) is 0 Å². The summed E-state index contributed by atoms with van der Waals surface area (Å²) in [5.41, 5.74) is -0.0860. The monoisotopic (exact) mass is 395 g/mol. The van der Waals surface area contributed by atoms with Crippen LogP contribution in [0.4, 0.5) is 17.6 Å². The van der Waals surface area contributed by atoms with Gasteiger partial charge >= 0.3 is 12.1 Å². The fraction of sp³-hybridized carbons (Fsp3) is 0.381. The SMILES string of the molecule is CN1CCC[C@H](COC(=O)c2ccccc2F)[C@H]1c1ccc(C(F)(F)F)cc1. The minimum atomic E-state index is -4.38. The van der Waals surface area contributed by atoms with E-state index in [2.05, 4.69) is 0 Å². The topological polar surface area (TPSA) is 29.5 Å². The first-order valence-corrected chi connectivity index (χ1v) is 9.06. The number of carbonyl (C=O) groups is 1. The lowest BCUT2D eigenvalue weighted by atomic mass is 9.85. The van der Waals surface area contributed by atoms with E-state index >= 15 is 0 Å². The molecule has 0 unspecified atom stereocenters. The normalized spacial score (nSPS) is 20.8. The van der Waals surface area contributed by atoms with Crippen LogP contribution >= 0.6 is 0 Å². The number of esters is 1. The summed E-state index contributed by atoms with van der Waals surface area (Å²) in [5, 5.41) is 0. The third kappa shape index (κ3) is 4.52. The van der Waals surface area contributed by atoms with Gasteiger partial charge in [-0.2, -0.15) is 13.2 Å². The second-order valence-electron chi connectivity index (χ2n) is 7.03. The van der Waals surface area contributed by atoms with Crippen molar-refractivity contribution in [3.8, 4) is 0 Å². The minimum absolute atomic E-state index is 0.0726. The maximum Gasteiger partial charge on any atom is 0.416 e. The lowest BCUT2D eigenvalue weighted by Crippen LogP contribution is -2.38. The number of carbonyl (C=O) groups excluding carboxylic acids is 1. The van der Waals surface area contributed by atoms with E-state index in [4.69, 9.17) is 4.74 Å². The molecule has 1 aliphatic rings. The maximum absolute atomic E-state index is 13.7. The van der Waals surface area contributed by atoms with E-state index in [1.807, 2.05) is 11.9 Å². The highest BCUT2D eigenvalue weighted by molar-refractivity contribution is 5.89. The van der Waals surface area contributed by atoms with Gasteiger partial charge in [0.25, 0.3) is 0 Å². The van der Waals surface area contributed by atoms with E-state index in [1.54, 1.807) is 6.07 Å². The number of alkyl halides is 3. The molecule has 0 radical (unpaired) electrons. The third-order valence-electron chi connectivity index (χ3n) is 5.11. The van der Waals surface area contributed by atoms with Gasteiger partial charge < -0.3 is 4.74 Å². The Bertz CT molecular complexity index is 820. The average Bonchev–Trinajstić information content (AvgIpc) is 2.66. The van der Waals surface area contributed by atoms with E-state index in [-0.39, 0.29) is 24.1 Å². The van der Waals surface area contributed by atoms with Gasteiger partial charge in [0, 0.05) is 12.0 Å². The van der Waals surface area contributed by atoms with E-state index in [0.717, 1.165) is 37.1 Å². The lowest BCUT2D eigenvalue weighted by Gasteiger charge is -2.39. The molecule has 1 fully saturated rings. The van der Waals surface area contributed by atoms with Crippen molar-refractivity contribution in [2.45, 2.75) is 25.1 Å². The molecule has 28 heavy (non-hydrogen) atoms. The van der Waals surface area contributed by atoms with Crippen LogP contribution in [0.15, 0.2) is 48.5 Å². The summed E-state index contributed by atoms with van der Waals surface area (Å²) in [5.74, 6) is -1.48. The largest absolute Gasteiger partial charge is 0.462 e. The van der Waals surface area contributed by atoms with Crippen LogP contribution in [0.1, 0.15) is 40.4 Å². The second kappa shape index (κ2) is 8.31. The molecule has 0 saturated carbocycles. The predicted molar refractivity (Wildman–Crippen MR) is 96.2 cm³/mol. The quantitative estimate of drug-likeness (QED) is 0.534. The van der Waals surface area contributed by atoms with Crippen molar-refractivity contribution in [1.29, 1.82) is 0 Å². The van der Waals surface area contributed by atoms with Gasteiger partial charge in [0.1, 0.15) is 5.82 Å². The molecule has 2 aromatic rings. The molecule has 2 aromatic carbocycles. The van der Waals surface area contributed by atoms with Gasteiger partial charge in [-0.3, -0.25) is 4.90 Å². The third-order valence-corrected chi connectivity index (χ3v) is 5.11. The highest BCUT2D eigenvalue weighted by Crippen LogP contribution is 2.37. The summed E-state index contributed by atoms with van der Waals surface area (Å²) >= 11 is 0. The molecule has 1 heterocycles. The molecule has 0 aromatic heterocycles. The Morgan fingerprint density at radius 1 is 1.14 bits per heavy atom. The Kier molecular flexibility index (Phi) is 6.03. The fourth-order valence-corrected chi connectivity index (χ4v) is 3.72. The first-order chi connectivity index (χ1) is 13.3. The molecular formula is C21H21F4NO2. The van der Waals surface area contributed by atoms with Crippen molar-refractivity contribution >= 4 is 5.97 Å². The zero-order chi connectivity index (χ0) is 20.3. The summed E-state index contributed by atoms with van der Waals surface area (Å²) < 4.78 is 57.5. The number of nitrogens with zero attached hydrogens (tertiary/aromatic N) is 1. The van der Waals surface area contributed by atoms with Crippen LogP contribution < -0.4 is 0 Å². The van der Waals surface area contributed by atoms with Crippen molar-refractivity contribution in [1.82, 2.24) is 4.90 Å². The highest BCUT2D eigenvalue weighted by Gasteiger charge is 2.34. The second-order valence-corrected chi connectivity index (χ2v) is 7.03. The molecular weight excluding hydrogens is 374 g/mol. The zero-order valence-electron chi connectivity index (χ0n) is 15.4. The number of benzene rings is 2.